The van der Waals surface area contributed by atoms with Crippen molar-refractivity contribution in [1.29, 1.82) is 0 Å². The molecular formula is C6H7N3O2. The van der Waals surface area contributed by atoms with Gasteiger partial charge in [0.25, 0.3) is 5.56 Å². The molecule has 0 unspecified atom stereocenters. The highest BCUT2D eigenvalue weighted by Crippen LogP contribution is 1.73. The highest BCUT2D eigenvalue weighted by molar-refractivity contribution is 5.74. The monoisotopic (exact) mass is 153 g/mol. The Balaban J connectivity index is 3.14. The van der Waals surface area contributed by atoms with E-state index in [-0.39, 0.29) is 0 Å². The molecule has 0 aromatic carbocycles. The first-order chi connectivity index (χ1) is 5.25. The molecule has 58 valence electrons. The Kier molecular flexibility index (Phi) is 2.00. The van der Waals surface area contributed by atoms with Crippen molar-refractivity contribution in [2.45, 2.75) is 0 Å². The van der Waals surface area contributed by atoms with Gasteiger partial charge in [-0.25, -0.2) is 4.79 Å². The SMILES string of the molecule is CNC(=O)n1ncccc1=O. The minimum Gasteiger partial charge on any atom is -0.339 e. The van der Waals surface area contributed by atoms with Gasteiger partial charge in [0, 0.05) is 19.3 Å². The van der Waals surface area contributed by atoms with Crippen LogP contribution in [0.2, 0.25) is 0 Å². The van der Waals surface area contributed by atoms with Crippen molar-refractivity contribution in [3.8, 4) is 0 Å². The van der Waals surface area contributed by atoms with Gasteiger partial charge < -0.3 is 5.32 Å². The molecule has 1 aromatic rings. The third-order valence-electron chi connectivity index (χ3n) is 1.12. The van der Waals surface area contributed by atoms with Gasteiger partial charge >= 0.3 is 6.03 Å². The van der Waals surface area contributed by atoms with Crippen LogP contribution in [0.4, 0.5) is 4.79 Å². The van der Waals surface area contributed by atoms with Crippen molar-refractivity contribution in [1.82, 2.24) is 15.1 Å². The van der Waals surface area contributed by atoms with Crippen molar-refractivity contribution in [2.24, 2.45) is 0 Å². The summed E-state index contributed by atoms with van der Waals surface area (Å²) < 4.78 is 0.750. The summed E-state index contributed by atoms with van der Waals surface area (Å²) in [7, 11) is 1.43. The number of hydrogen-bond donors (Lipinski definition) is 1. The second kappa shape index (κ2) is 2.96. The zero-order chi connectivity index (χ0) is 8.27. The number of carbonyl (C=O) groups excluding carboxylic acids is 1. The summed E-state index contributed by atoms with van der Waals surface area (Å²) in [5.41, 5.74) is -0.438. The van der Waals surface area contributed by atoms with Crippen LogP contribution in [0.3, 0.4) is 0 Å². The standard InChI is InChI=1S/C6H7N3O2/c1-7-6(11)9-5(10)3-2-4-8-9/h2-4H,1H3,(H,7,11). The number of amides is 1. The molecule has 0 spiro atoms. The van der Waals surface area contributed by atoms with Gasteiger partial charge in [0.05, 0.1) is 0 Å². The van der Waals surface area contributed by atoms with E-state index in [4.69, 9.17) is 0 Å². The molecule has 0 atom stereocenters. The van der Waals surface area contributed by atoms with E-state index in [1.165, 1.54) is 25.4 Å². The summed E-state index contributed by atoms with van der Waals surface area (Å²) >= 11 is 0. The Morgan fingerprint density at radius 3 is 3.00 bits per heavy atom. The zero-order valence-corrected chi connectivity index (χ0v) is 5.94. The molecule has 11 heavy (non-hydrogen) atoms. The van der Waals surface area contributed by atoms with Crippen LogP contribution >= 0.6 is 0 Å². The molecule has 0 aliphatic carbocycles. The fourth-order valence-corrected chi connectivity index (χ4v) is 0.616. The van der Waals surface area contributed by atoms with Gasteiger partial charge in [-0.1, -0.05) is 0 Å². The second-order valence-electron chi connectivity index (χ2n) is 1.83. The molecule has 1 N–H and O–H groups in total. The van der Waals surface area contributed by atoms with Crippen molar-refractivity contribution >= 4 is 6.03 Å². The largest absolute Gasteiger partial charge is 0.345 e. The first-order valence-corrected chi connectivity index (χ1v) is 3.02. The molecule has 5 nitrogen and oxygen atoms in total. The molecule has 0 aliphatic rings. The van der Waals surface area contributed by atoms with Crippen LogP contribution in [0.25, 0.3) is 0 Å². The van der Waals surface area contributed by atoms with E-state index >= 15 is 0 Å². The van der Waals surface area contributed by atoms with Gasteiger partial charge in [0.15, 0.2) is 0 Å². The molecule has 0 radical (unpaired) electrons. The first kappa shape index (κ1) is 7.46. The lowest BCUT2D eigenvalue weighted by Crippen LogP contribution is -2.35. The van der Waals surface area contributed by atoms with Crippen molar-refractivity contribution in [3.63, 3.8) is 0 Å². The van der Waals surface area contributed by atoms with Gasteiger partial charge in [0.2, 0.25) is 0 Å². The minimum absolute atomic E-state index is 0.438. The maximum absolute atomic E-state index is 10.9. The zero-order valence-electron chi connectivity index (χ0n) is 5.94. The Morgan fingerprint density at radius 2 is 2.45 bits per heavy atom. The van der Waals surface area contributed by atoms with E-state index in [2.05, 4.69) is 10.4 Å². The van der Waals surface area contributed by atoms with E-state index < -0.39 is 11.6 Å². The maximum Gasteiger partial charge on any atom is 0.345 e. The number of hydrogen-bond acceptors (Lipinski definition) is 3. The van der Waals surface area contributed by atoms with Gasteiger partial charge in [-0.05, 0) is 6.07 Å². The lowest BCUT2D eigenvalue weighted by molar-refractivity contribution is 0.240. The number of carbonyl (C=O) groups is 1. The van der Waals surface area contributed by atoms with Crippen LogP contribution < -0.4 is 10.9 Å². The van der Waals surface area contributed by atoms with Crippen LogP contribution in [-0.2, 0) is 0 Å². The number of rotatable bonds is 0. The second-order valence-corrected chi connectivity index (χ2v) is 1.83. The molecule has 5 heteroatoms. The van der Waals surface area contributed by atoms with E-state index in [1.807, 2.05) is 0 Å². The van der Waals surface area contributed by atoms with Crippen molar-refractivity contribution in [3.05, 3.63) is 28.7 Å². The number of nitrogens with one attached hydrogen (secondary N) is 1. The average Bonchev–Trinajstić information content (AvgIpc) is 2.04. The van der Waals surface area contributed by atoms with Crippen LogP contribution in [0.1, 0.15) is 0 Å². The number of nitrogens with zero attached hydrogens (tertiary/aromatic N) is 2. The van der Waals surface area contributed by atoms with E-state index in [9.17, 15) is 9.59 Å². The Morgan fingerprint density at radius 1 is 1.73 bits per heavy atom. The van der Waals surface area contributed by atoms with Gasteiger partial charge in [-0.3, -0.25) is 4.79 Å². The van der Waals surface area contributed by atoms with Gasteiger partial charge in [-0.15, -0.1) is 4.68 Å². The summed E-state index contributed by atoms with van der Waals surface area (Å²) in [6, 6.07) is 2.21. The molecule has 0 bridgehead atoms. The number of aromatic nitrogens is 2. The quantitative estimate of drug-likeness (QED) is 0.543. The predicted octanol–water partition coefficient (Wildman–Crippen LogP) is -0.569. The van der Waals surface area contributed by atoms with Crippen LogP contribution in [-0.4, -0.2) is 22.9 Å². The maximum atomic E-state index is 10.9. The Hall–Kier alpha value is -1.65. The smallest absolute Gasteiger partial charge is 0.339 e. The van der Waals surface area contributed by atoms with Crippen LogP contribution in [0.5, 0.6) is 0 Å². The summed E-state index contributed by atoms with van der Waals surface area (Å²) in [6.07, 6.45) is 1.37. The van der Waals surface area contributed by atoms with Crippen LogP contribution in [0, 0.1) is 0 Å². The van der Waals surface area contributed by atoms with Crippen molar-refractivity contribution in [2.75, 3.05) is 7.05 Å². The summed E-state index contributed by atoms with van der Waals surface area (Å²) in [5, 5.41) is 5.82. The molecule has 0 saturated heterocycles. The van der Waals surface area contributed by atoms with Crippen LogP contribution in [0.15, 0.2) is 23.1 Å². The molecule has 1 heterocycles. The highest BCUT2D eigenvalue weighted by Gasteiger charge is 2.02. The molecular weight excluding hydrogens is 146 g/mol. The topological polar surface area (TPSA) is 64.0 Å². The minimum atomic E-state index is -0.532. The summed E-state index contributed by atoms with van der Waals surface area (Å²) in [4.78, 5) is 21.7. The summed E-state index contributed by atoms with van der Waals surface area (Å²) in [5.74, 6) is 0. The summed E-state index contributed by atoms with van der Waals surface area (Å²) in [6.45, 7) is 0. The lowest BCUT2D eigenvalue weighted by atomic mass is 10.6. The van der Waals surface area contributed by atoms with Gasteiger partial charge in [0.1, 0.15) is 0 Å². The Bertz CT molecular complexity index is 318. The molecule has 0 fully saturated rings. The normalized spacial score (nSPS) is 9.18. The van der Waals surface area contributed by atoms with E-state index in [0.717, 1.165) is 4.68 Å². The molecule has 1 aromatic heterocycles. The van der Waals surface area contributed by atoms with E-state index in [0.29, 0.717) is 0 Å². The highest BCUT2D eigenvalue weighted by atomic mass is 16.2. The molecule has 1 rings (SSSR count). The van der Waals surface area contributed by atoms with E-state index in [1.54, 1.807) is 0 Å². The average molecular weight is 153 g/mol. The van der Waals surface area contributed by atoms with Gasteiger partial charge in [-0.2, -0.15) is 5.10 Å². The third-order valence-corrected chi connectivity index (χ3v) is 1.12. The van der Waals surface area contributed by atoms with Crippen molar-refractivity contribution < 1.29 is 4.79 Å². The predicted molar refractivity (Wildman–Crippen MR) is 38.4 cm³/mol. The fraction of sp³-hybridized carbons (Fsp3) is 0.167. The molecule has 0 saturated carbocycles. The lowest BCUT2D eigenvalue weighted by Gasteiger charge is -1.98. The fourth-order valence-electron chi connectivity index (χ4n) is 0.616. The first-order valence-electron chi connectivity index (χ1n) is 3.02. The molecule has 1 amide bonds. The molecule has 0 aliphatic heterocycles. The third kappa shape index (κ3) is 1.43. The Labute approximate surface area is 62.7 Å².